The third-order valence-corrected chi connectivity index (χ3v) is 7.07. The zero-order chi connectivity index (χ0) is 24.9. The van der Waals surface area contributed by atoms with Crippen molar-refractivity contribution in [2.24, 2.45) is 0 Å². The summed E-state index contributed by atoms with van der Waals surface area (Å²) in [6.45, 7) is 6.65. The SMILES string of the molecule is CCCCCCCCC(OP(OCC(C)Cl)OCC(C)Cl)C(Cl)CCCCCCCC(=O)O. The lowest BCUT2D eigenvalue weighted by molar-refractivity contribution is -0.137. The molecule has 0 amide bonds. The van der Waals surface area contributed by atoms with Crippen LogP contribution in [0.5, 0.6) is 0 Å². The smallest absolute Gasteiger partial charge is 0.333 e. The van der Waals surface area contributed by atoms with E-state index in [9.17, 15) is 4.79 Å². The molecule has 0 saturated heterocycles. The van der Waals surface area contributed by atoms with Crippen molar-refractivity contribution in [1.29, 1.82) is 0 Å². The Morgan fingerprint density at radius 3 is 1.79 bits per heavy atom. The molecule has 5 nitrogen and oxygen atoms in total. The van der Waals surface area contributed by atoms with E-state index in [2.05, 4.69) is 6.92 Å². The second-order valence-corrected chi connectivity index (χ2v) is 12.0. The highest BCUT2D eigenvalue weighted by molar-refractivity contribution is 7.41. The molecule has 198 valence electrons. The Morgan fingerprint density at radius 2 is 1.27 bits per heavy atom. The quantitative estimate of drug-likeness (QED) is 0.0736. The largest absolute Gasteiger partial charge is 0.481 e. The Morgan fingerprint density at radius 1 is 0.788 bits per heavy atom. The minimum atomic E-state index is -1.57. The van der Waals surface area contributed by atoms with E-state index < -0.39 is 14.6 Å². The molecule has 1 N–H and O–H groups in total. The molecule has 0 aliphatic rings. The maximum atomic E-state index is 10.6. The van der Waals surface area contributed by atoms with Crippen LogP contribution in [-0.2, 0) is 18.4 Å². The van der Waals surface area contributed by atoms with Gasteiger partial charge in [-0.1, -0.05) is 71.1 Å². The van der Waals surface area contributed by atoms with E-state index in [-0.39, 0.29) is 28.7 Å². The highest BCUT2D eigenvalue weighted by Gasteiger charge is 2.26. The van der Waals surface area contributed by atoms with E-state index in [1.807, 2.05) is 13.8 Å². The van der Waals surface area contributed by atoms with Gasteiger partial charge in [0.25, 0.3) is 0 Å². The van der Waals surface area contributed by atoms with Gasteiger partial charge < -0.3 is 18.7 Å². The van der Waals surface area contributed by atoms with Crippen LogP contribution in [0.2, 0.25) is 0 Å². The molecule has 9 heteroatoms. The molecular weight excluding hydrogens is 506 g/mol. The van der Waals surface area contributed by atoms with Gasteiger partial charge in [0.1, 0.15) is 0 Å². The molecule has 0 heterocycles. The van der Waals surface area contributed by atoms with Crippen LogP contribution in [0.3, 0.4) is 0 Å². The fourth-order valence-electron chi connectivity index (χ4n) is 3.29. The second-order valence-electron chi connectivity index (χ2n) is 8.79. The average Bonchev–Trinajstić information content (AvgIpc) is 2.75. The van der Waals surface area contributed by atoms with Crippen molar-refractivity contribution in [2.45, 2.75) is 133 Å². The Kier molecular flexibility index (Phi) is 23.5. The summed E-state index contributed by atoms with van der Waals surface area (Å²) in [7, 11) is -1.57. The van der Waals surface area contributed by atoms with Crippen LogP contribution in [0, 0.1) is 0 Å². The number of rotatable bonds is 24. The highest BCUT2D eigenvalue weighted by Crippen LogP contribution is 2.44. The molecule has 4 atom stereocenters. The third-order valence-electron chi connectivity index (χ3n) is 5.16. The van der Waals surface area contributed by atoms with Gasteiger partial charge in [-0.15, -0.1) is 34.8 Å². The summed E-state index contributed by atoms with van der Waals surface area (Å²) in [5.74, 6) is -0.724. The molecule has 0 aromatic heterocycles. The maximum absolute atomic E-state index is 10.6. The summed E-state index contributed by atoms with van der Waals surface area (Å²) < 4.78 is 17.9. The third kappa shape index (κ3) is 22.8. The predicted octanol–water partition coefficient (Wildman–Crippen LogP) is 9.06. The fraction of sp³-hybridized carbons (Fsp3) is 0.958. The monoisotopic (exact) mass is 550 g/mol. The van der Waals surface area contributed by atoms with Gasteiger partial charge in [-0.25, -0.2) is 0 Å². The highest BCUT2D eigenvalue weighted by atomic mass is 35.5. The number of carboxylic acid groups (broad SMARTS) is 1. The minimum absolute atomic E-state index is 0.126. The molecule has 0 aromatic carbocycles. The molecule has 0 spiro atoms. The first-order chi connectivity index (χ1) is 15.8. The summed E-state index contributed by atoms with van der Waals surface area (Å²) >= 11 is 18.9. The molecule has 4 unspecified atom stereocenters. The number of carbonyl (C=O) groups is 1. The minimum Gasteiger partial charge on any atom is -0.481 e. The zero-order valence-corrected chi connectivity index (χ0v) is 23.9. The summed E-state index contributed by atoms with van der Waals surface area (Å²) in [5, 5.41) is 8.32. The van der Waals surface area contributed by atoms with Crippen LogP contribution < -0.4 is 0 Å². The van der Waals surface area contributed by atoms with E-state index in [0.29, 0.717) is 13.2 Å². The molecule has 0 radical (unpaired) electrons. The van der Waals surface area contributed by atoms with Crippen LogP contribution in [0.1, 0.15) is 111 Å². The molecule has 0 aromatic rings. The predicted molar refractivity (Wildman–Crippen MR) is 142 cm³/mol. The van der Waals surface area contributed by atoms with Crippen molar-refractivity contribution in [1.82, 2.24) is 0 Å². The zero-order valence-electron chi connectivity index (χ0n) is 20.8. The van der Waals surface area contributed by atoms with Crippen molar-refractivity contribution in [3.8, 4) is 0 Å². The standard InChI is InChI=1S/C24H46Cl3O5P/c1-4-5-6-7-10-13-16-23(22(27)15-12-9-8-11-14-17-24(28)29)32-33(30-18-20(2)25)31-19-21(3)26/h20-23H,4-19H2,1-3H3,(H,28,29). The summed E-state index contributed by atoms with van der Waals surface area (Å²) in [6, 6.07) is 0. The van der Waals surface area contributed by atoms with Gasteiger partial charge in [0.05, 0.1) is 35.4 Å². The van der Waals surface area contributed by atoms with Crippen molar-refractivity contribution < 1.29 is 23.5 Å². The van der Waals surface area contributed by atoms with E-state index in [4.69, 9.17) is 53.5 Å². The van der Waals surface area contributed by atoms with Crippen LogP contribution in [0.4, 0.5) is 0 Å². The van der Waals surface area contributed by atoms with Crippen LogP contribution in [0.15, 0.2) is 0 Å². The number of carboxylic acids is 1. The first-order valence-corrected chi connectivity index (χ1v) is 15.0. The Labute approximate surface area is 218 Å². The number of hydrogen-bond donors (Lipinski definition) is 1. The fourth-order valence-corrected chi connectivity index (χ4v) is 5.36. The second kappa shape index (κ2) is 23.1. The van der Waals surface area contributed by atoms with Gasteiger partial charge in [-0.2, -0.15) is 0 Å². The molecule has 0 aliphatic heterocycles. The molecule has 0 aliphatic carbocycles. The number of unbranched alkanes of at least 4 members (excludes halogenated alkanes) is 9. The Hall–Kier alpha value is 0.650. The van der Waals surface area contributed by atoms with E-state index in [0.717, 1.165) is 51.4 Å². The van der Waals surface area contributed by atoms with E-state index >= 15 is 0 Å². The topological polar surface area (TPSA) is 65.0 Å². The molecule has 0 bridgehead atoms. The molecular formula is C24H46Cl3O5P. The lowest BCUT2D eigenvalue weighted by Crippen LogP contribution is -2.24. The number of aliphatic carboxylic acids is 1. The van der Waals surface area contributed by atoms with Crippen LogP contribution >= 0.6 is 43.4 Å². The van der Waals surface area contributed by atoms with Gasteiger partial charge in [0.2, 0.25) is 0 Å². The average molecular weight is 552 g/mol. The molecule has 0 rings (SSSR count). The van der Waals surface area contributed by atoms with Gasteiger partial charge in [0, 0.05) is 6.42 Å². The van der Waals surface area contributed by atoms with Crippen molar-refractivity contribution >= 4 is 49.4 Å². The van der Waals surface area contributed by atoms with Gasteiger partial charge in [-0.3, -0.25) is 4.79 Å². The van der Waals surface area contributed by atoms with Crippen molar-refractivity contribution in [3.05, 3.63) is 0 Å². The van der Waals surface area contributed by atoms with Gasteiger partial charge in [0.15, 0.2) is 0 Å². The van der Waals surface area contributed by atoms with Gasteiger partial charge >= 0.3 is 14.6 Å². The van der Waals surface area contributed by atoms with Crippen LogP contribution in [-0.4, -0.2) is 46.5 Å². The van der Waals surface area contributed by atoms with E-state index in [1.165, 1.54) is 32.1 Å². The summed E-state index contributed by atoms with van der Waals surface area (Å²) in [5.41, 5.74) is 0. The van der Waals surface area contributed by atoms with Crippen LogP contribution in [0.25, 0.3) is 0 Å². The molecule has 0 saturated carbocycles. The maximum Gasteiger partial charge on any atom is 0.333 e. The Balaban J connectivity index is 4.66. The van der Waals surface area contributed by atoms with Crippen molar-refractivity contribution in [2.75, 3.05) is 13.2 Å². The van der Waals surface area contributed by atoms with Crippen molar-refractivity contribution in [3.63, 3.8) is 0 Å². The first kappa shape index (κ1) is 33.7. The van der Waals surface area contributed by atoms with Gasteiger partial charge in [-0.05, 0) is 33.1 Å². The lowest BCUT2D eigenvalue weighted by atomic mass is 10.0. The normalized spacial score (nSPS) is 16.3. The summed E-state index contributed by atoms with van der Waals surface area (Å²) in [6.07, 6.45) is 13.8. The Bertz CT molecular complexity index is 446. The molecule has 33 heavy (non-hydrogen) atoms. The van der Waals surface area contributed by atoms with E-state index in [1.54, 1.807) is 0 Å². The molecule has 0 fully saturated rings. The number of halogens is 3. The first-order valence-electron chi connectivity index (χ1n) is 12.6. The number of alkyl halides is 3. The number of hydrogen-bond acceptors (Lipinski definition) is 4. The lowest BCUT2D eigenvalue weighted by Gasteiger charge is -2.27. The summed E-state index contributed by atoms with van der Waals surface area (Å²) in [4.78, 5) is 10.6.